The lowest BCUT2D eigenvalue weighted by Gasteiger charge is -2.25. The van der Waals surface area contributed by atoms with Gasteiger partial charge in [0.05, 0.1) is 25.8 Å². The van der Waals surface area contributed by atoms with Gasteiger partial charge in [0, 0.05) is 41.8 Å². The topological polar surface area (TPSA) is 80.2 Å². The number of benzene rings is 2. The van der Waals surface area contributed by atoms with Crippen LogP contribution in [0.5, 0.6) is 5.75 Å². The molecule has 2 aromatic rings. The second-order valence-electron chi connectivity index (χ2n) is 8.10. The predicted molar refractivity (Wildman–Crippen MR) is 131 cm³/mol. The minimum Gasteiger partial charge on any atom is -0.493 e. The molecule has 1 N–H and O–H groups in total. The fraction of sp³-hybridized carbons (Fsp3) is 0.400. The van der Waals surface area contributed by atoms with Gasteiger partial charge in [-0.3, -0.25) is 14.6 Å². The van der Waals surface area contributed by atoms with Crippen LogP contribution < -0.4 is 10.1 Å². The van der Waals surface area contributed by atoms with Gasteiger partial charge in [-0.25, -0.2) is 0 Å². The standard InChI is InChI=1S/C25H29N3O4S/c1-2-31-24(29)14-19-13-21-15-22(7-8-23(21)32-17-19)27-25(30)20-5-3-18(4-6-20)16-26-28-9-11-33-12-10-28/h3-8,15-16,19H,2,9-14,17H2,1H3,(H,27,30). The molecule has 1 fully saturated rings. The van der Waals surface area contributed by atoms with Gasteiger partial charge >= 0.3 is 5.97 Å². The lowest BCUT2D eigenvalue weighted by atomic mass is 9.93. The Hall–Kier alpha value is -3.00. The minimum atomic E-state index is -0.206. The Morgan fingerprint density at radius 2 is 2.00 bits per heavy atom. The van der Waals surface area contributed by atoms with Crippen molar-refractivity contribution < 1.29 is 19.1 Å². The van der Waals surface area contributed by atoms with Gasteiger partial charge in [-0.2, -0.15) is 16.9 Å². The van der Waals surface area contributed by atoms with E-state index < -0.39 is 0 Å². The van der Waals surface area contributed by atoms with Gasteiger partial charge in [0.1, 0.15) is 5.75 Å². The fourth-order valence-electron chi connectivity index (χ4n) is 3.86. The highest BCUT2D eigenvalue weighted by atomic mass is 32.2. The number of carbonyl (C=O) groups excluding carboxylic acids is 2. The number of hydrogen-bond acceptors (Lipinski definition) is 7. The first-order valence-electron chi connectivity index (χ1n) is 11.3. The molecule has 0 radical (unpaired) electrons. The number of ether oxygens (including phenoxy) is 2. The van der Waals surface area contributed by atoms with E-state index in [1.165, 1.54) is 0 Å². The average Bonchev–Trinajstić information content (AvgIpc) is 2.83. The normalized spacial score (nSPS) is 17.8. The summed E-state index contributed by atoms with van der Waals surface area (Å²) in [6.07, 6.45) is 2.88. The molecule has 1 saturated heterocycles. The maximum absolute atomic E-state index is 12.7. The van der Waals surface area contributed by atoms with E-state index in [-0.39, 0.29) is 17.8 Å². The molecule has 0 bridgehead atoms. The Bertz CT molecular complexity index is 1000. The van der Waals surface area contributed by atoms with Crippen molar-refractivity contribution in [3.63, 3.8) is 0 Å². The number of anilines is 1. The Labute approximate surface area is 198 Å². The van der Waals surface area contributed by atoms with E-state index >= 15 is 0 Å². The lowest BCUT2D eigenvalue weighted by molar-refractivity contribution is -0.144. The number of rotatable bonds is 7. The zero-order chi connectivity index (χ0) is 23.0. The molecule has 1 atom stereocenters. The molecular weight excluding hydrogens is 438 g/mol. The fourth-order valence-corrected chi connectivity index (χ4v) is 4.75. The summed E-state index contributed by atoms with van der Waals surface area (Å²) in [7, 11) is 0. The zero-order valence-corrected chi connectivity index (χ0v) is 19.6. The highest BCUT2D eigenvalue weighted by Crippen LogP contribution is 2.31. The van der Waals surface area contributed by atoms with E-state index in [0.717, 1.165) is 41.5 Å². The maximum Gasteiger partial charge on any atom is 0.306 e. The molecule has 0 spiro atoms. The van der Waals surface area contributed by atoms with Gasteiger partial charge in [-0.05, 0) is 54.8 Å². The molecule has 33 heavy (non-hydrogen) atoms. The smallest absolute Gasteiger partial charge is 0.306 e. The zero-order valence-electron chi connectivity index (χ0n) is 18.8. The number of thioether (sulfide) groups is 1. The molecule has 0 aromatic heterocycles. The van der Waals surface area contributed by atoms with Crippen molar-refractivity contribution in [2.45, 2.75) is 19.8 Å². The van der Waals surface area contributed by atoms with E-state index in [2.05, 4.69) is 15.4 Å². The lowest BCUT2D eigenvalue weighted by Crippen LogP contribution is -2.27. The molecule has 7 nitrogen and oxygen atoms in total. The summed E-state index contributed by atoms with van der Waals surface area (Å²) in [5, 5.41) is 9.56. The van der Waals surface area contributed by atoms with Gasteiger partial charge in [0.25, 0.3) is 5.91 Å². The van der Waals surface area contributed by atoms with Crippen molar-refractivity contribution in [1.29, 1.82) is 0 Å². The van der Waals surface area contributed by atoms with Crippen molar-refractivity contribution in [2.24, 2.45) is 11.0 Å². The molecule has 2 heterocycles. The van der Waals surface area contributed by atoms with Crippen LogP contribution in [0.1, 0.15) is 34.8 Å². The van der Waals surface area contributed by atoms with Crippen LogP contribution in [0.4, 0.5) is 5.69 Å². The number of nitrogens with zero attached hydrogens (tertiary/aromatic N) is 2. The number of hydrogen-bond donors (Lipinski definition) is 1. The van der Waals surface area contributed by atoms with Gasteiger partial charge in [-0.15, -0.1) is 0 Å². The van der Waals surface area contributed by atoms with Gasteiger partial charge in [0.2, 0.25) is 0 Å². The van der Waals surface area contributed by atoms with Crippen LogP contribution in [0.2, 0.25) is 0 Å². The Kier molecular flexibility index (Phi) is 7.88. The highest BCUT2D eigenvalue weighted by Gasteiger charge is 2.23. The monoisotopic (exact) mass is 467 g/mol. The van der Waals surface area contributed by atoms with Crippen LogP contribution in [0.3, 0.4) is 0 Å². The third-order valence-corrected chi connectivity index (χ3v) is 6.54. The Balaban J connectivity index is 1.35. The SMILES string of the molecule is CCOC(=O)CC1COc2ccc(NC(=O)c3ccc(C=NN4CCSCC4)cc3)cc2C1. The minimum absolute atomic E-state index is 0.0698. The number of esters is 1. The van der Waals surface area contributed by atoms with Gasteiger partial charge in [-0.1, -0.05) is 12.1 Å². The summed E-state index contributed by atoms with van der Waals surface area (Å²) < 4.78 is 10.9. The van der Waals surface area contributed by atoms with Crippen LogP contribution in [0, 0.1) is 5.92 Å². The van der Waals surface area contributed by atoms with Crippen LogP contribution in [0.15, 0.2) is 47.6 Å². The molecular formula is C25H29N3O4S. The summed E-state index contributed by atoms with van der Waals surface area (Å²) in [6, 6.07) is 13.0. The second kappa shape index (κ2) is 11.2. The molecule has 2 aromatic carbocycles. The molecule has 0 saturated carbocycles. The van der Waals surface area contributed by atoms with E-state index in [4.69, 9.17) is 9.47 Å². The first-order valence-corrected chi connectivity index (χ1v) is 12.5. The summed E-state index contributed by atoms with van der Waals surface area (Å²) in [5.41, 5.74) is 3.22. The number of nitrogens with one attached hydrogen (secondary N) is 1. The van der Waals surface area contributed by atoms with Crippen LogP contribution >= 0.6 is 11.8 Å². The Morgan fingerprint density at radius 1 is 1.21 bits per heavy atom. The molecule has 4 rings (SSSR count). The van der Waals surface area contributed by atoms with Gasteiger partial charge in [0.15, 0.2) is 0 Å². The predicted octanol–water partition coefficient (Wildman–Crippen LogP) is 3.83. The number of amides is 1. The highest BCUT2D eigenvalue weighted by molar-refractivity contribution is 7.99. The average molecular weight is 468 g/mol. The van der Waals surface area contributed by atoms with Crippen molar-refractivity contribution in [2.75, 3.05) is 43.1 Å². The van der Waals surface area contributed by atoms with Crippen molar-refractivity contribution in [3.05, 3.63) is 59.2 Å². The summed E-state index contributed by atoms with van der Waals surface area (Å²) in [5.74, 6) is 2.70. The van der Waals surface area contributed by atoms with E-state index in [9.17, 15) is 9.59 Å². The van der Waals surface area contributed by atoms with Crippen molar-refractivity contribution in [1.82, 2.24) is 5.01 Å². The molecule has 2 aliphatic rings. The first-order chi connectivity index (χ1) is 16.1. The Morgan fingerprint density at radius 3 is 2.76 bits per heavy atom. The number of carbonyl (C=O) groups is 2. The maximum atomic E-state index is 12.7. The van der Waals surface area contributed by atoms with Gasteiger partial charge < -0.3 is 14.8 Å². The van der Waals surface area contributed by atoms with Crippen LogP contribution in [-0.2, 0) is 16.0 Å². The first kappa shape index (κ1) is 23.2. The summed E-state index contributed by atoms with van der Waals surface area (Å²) >= 11 is 1.95. The molecule has 2 aliphatic heterocycles. The van der Waals surface area contributed by atoms with E-state index in [1.54, 1.807) is 19.1 Å². The van der Waals surface area contributed by atoms with E-state index in [0.29, 0.717) is 37.3 Å². The van der Waals surface area contributed by atoms with Crippen LogP contribution in [0.25, 0.3) is 0 Å². The molecule has 0 aliphatic carbocycles. The third-order valence-electron chi connectivity index (χ3n) is 5.59. The molecule has 1 unspecified atom stereocenters. The van der Waals surface area contributed by atoms with Crippen molar-refractivity contribution in [3.8, 4) is 5.75 Å². The number of hydrazone groups is 1. The van der Waals surface area contributed by atoms with E-state index in [1.807, 2.05) is 48.3 Å². The second-order valence-corrected chi connectivity index (χ2v) is 9.32. The number of fused-ring (bicyclic) bond motifs is 1. The van der Waals surface area contributed by atoms with Crippen molar-refractivity contribution >= 4 is 35.5 Å². The molecule has 8 heteroatoms. The quantitative estimate of drug-likeness (QED) is 0.493. The third kappa shape index (κ3) is 6.51. The molecule has 174 valence electrons. The molecule has 1 amide bonds. The summed E-state index contributed by atoms with van der Waals surface area (Å²) in [4.78, 5) is 24.5. The summed E-state index contributed by atoms with van der Waals surface area (Å²) in [6.45, 7) is 4.61. The van der Waals surface area contributed by atoms with Crippen LogP contribution in [-0.4, -0.2) is 60.9 Å². The largest absolute Gasteiger partial charge is 0.493 e.